The van der Waals surface area contributed by atoms with Crippen LogP contribution < -0.4 is 15.2 Å². The molecule has 4 aromatic rings. The zero-order valence-corrected chi connectivity index (χ0v) is 26.2. The van der Waals surface area contributed by atoms with Crippen LogP contribution in [-0.2, 0) is 19.5 Å². The van der Waals surface area contributed by atoms with Crippen molar-refractivity contribution in [1.82, 2.24) is 14.0 Å². The van der Waals surface area contributed by atoms with Gasteiger partial charge in [0.2, 0.25) is 0 Å². The van der Waals surface area contributed by atoms with E-state index in [1.165, 1.54) is 22.3 Å². The van der Waals surface area contributed by atoms with Crippen molar-refractivity contribution in [3.8, 4) is 17.2 Å². The van der Waals surface area contributed by atoms with Crippen molar-refractivity contribution in [3.63, 3.8) is 0 Å². The molecule has 1 aliphatic rings. The monoisotopic (exact) mass is 669 g/mol. The Labute approximate surface area is 261 Å². The van der Waals surface area contributed by atoms with Gasteiger partial charge in [-0.15, -0.1) is 0 Å². The molecule has 11 heteroatoms. The smallest absolute Gasteiger partial charge is 0.333 e. The normalized spacial score (nSPS) is 12.8. The number of rotatable bonds is 9. The van der Waals surface area contributed by atoms with Gasteiger partial charge in [-0.2, -0.15) is 0 Å². The summed E-state index contributed by atoms with van der Waals surface area (Å²) in [5, 5.41) is 0.400. The fourth-order valence-electron chi connectivity index (χ4n) is 5.14. The summed E-state index contributed by atoms with van der Waals surface area (Å²) in [6, 6.07) is 16.4. The Balaban J connectivity index is 1.52. The molecule has 1 aromatic heterocycles. The zero-order valence-electron chi connectivity index (χ0n) is 23.9. The molecule has 1 amide bonds. The van der Waals surface area contributed by atoms with E-state index in [1.54, 1.807) is 59.5 Å². The third kappa shape index (κ3) is 6.40. The summed E-state index contributed by atoms with van der Waals surface area (Å²) in [5.41, 5.74) is 1.45. The number of carbonyl (C=O) groups is 2. The summed E-state index contributed by atoms with van der Waals surface area (Å²) in [7, 11) is 1.45. The molecule has 0 saturated carbocycles. The quantitative estimate of drug-likeness (QED) is 0.191. The van der Waals surface area contributed by atoms with Gasteiger partial charge in [0, 0.05) is 35.6 Å². The Morgan fingerprint density at radius 2 is 1.74 bits per heavy atom. The minimum Gasteiger partial charge on any atom is -0.497 e. The van der Waals surface area contributed by atoms with Crippen LogP contribution in [0.3, 0.4) is 0 Å². The molecular formula is C32H30BrClFN3O5. The van der Waals surface area contributed by atoms with E-state index < -0.39 is 5.82 Å². The van der Waals surface area contributed by atoms with Crippen LogP contribution in [0.1, 0.15) is 52.4 Å². The number of benzene rings is 3. The van der Waals surface area contributed by atoms with Crippen molar-refractivity contribution in [1.29, 1.82) is 0 Å². The standard InChI is InChI=1S/C32H30BrClFN3O5/c1-19(2)43-23-10-7-22(8-11-23)38-30(29(39)13-6-20-4-9-24(42-3)17-27(20)35)28-18-36(14-15-37(28)32(38)41)31(40)21-5-12-25(33)26(34)16-21/h4-5,7-12,16-17,19H,6,13-15,18H2,1-3H3. The average Bonchev–Trinajstić information content (AvgIpc) is 3.28. The van der Waals surface area contributed by atoms with Gasteiger partial charge in [-0.25, -0.2) is 9.18 Å². The number of aromatic nitrogens is 2. The molecule has 0 unspecified atom stereocenters. The van der Waals surface area contributed by atoms with E-state index in [2.05, 4.69) is 15.9 Å². The fourth-order valence-corrected chi connectivity index (χ4v) is 5.57. The second-order valence-electron chi connectivity index (χ2n) is 10.5. The maximum atomic E-state index is 14.7. The van der Waals surface area contributed by atoms with Crippen LogP contribution in [0.5, 0.6) is 11.5 Å². The van der Waals surface area contributed by atoms with Crippen LogP contribution in [0.4, 0.5) is 4.39 Å². The molecule has 8 nitrogen and oxygen atoms in total. The first kappa shape index (κ1) is 30.6. The third-order valence-electron chi connectivity index (χ3n) is 7.25. The lowest BCUT2D eigenvalue weighted by Gasteiger charge is -2.28. The number of imidazole rings is 1. The molecule has 224 valence electrons. The molecule has 0 saturated heterocycles. The number of amides is 1. The minimum absolute atomic E-state index is 0.0324. The van der Waals surface area contributed by atoms with Crippen molar-refractivity contribution in [2.75, 3.05) is 13.7 Å². The number of ketones is 1. The summed E-state index contributed by atoms with van der Waals surface area (Å²) in [4.78, 5) is 42.7. The van der Waals surface area contributed by atoms with Crippen molar-refractivity contribution < 1.29 is 23.5 Å². The van der Waals surface area contributed by atoms with Gasteiger partial charge in [0.25, 0.3) is 5.91 Å². The zero-order chi connectivity index (χ0) is 30.8. The molecule has 0 bridgehead atoms. The van der Waals surface area contributed by atoms with Crippen LogP contribution in [0.15, 0.2) is 69.9 Å². The lowest BCUT2D eigenvalue weighted by atomic mass is 10.0. The molecule has 0 atom stereocenters. The first-order valence-corrected chi connectivity index (χ1v) is 15.0. The number of nitrogens with zero attached hydrogens (tertiary/aromatic N) is 3. The van der Waals surface area contributed by atoms with Crippen LogP contribution >= 0.6 is 27.5 Å². The van der Waals surface area contributed by atoms with Crippen molar-refractivity contribution in [3.05, 3.63) is 109 Å². The Bertz CT molecular complexity index is 1750. The minimum atomic E-state index is -0.478. The molecule has 0 aliphatic carbocycles. The average molecular weight is 671 g/mol. The largest absolute Gasteiger partial charge is 0.497 e. The molecule has 1 aliphatic heterocycles. The summed E-state index contributed by atoms with van der Waals surface area (Å²) in [5.74, 6) is -0.0818. The van der Waals surface area contributed by atoms with Crippen LogP contribution in [-0.4, -0.2) is 45.5 Å². The lowest BCUT2D eigenvalue weighted by molar-refractivity contribution is 0.0707. The highest BCUT2D eigenvalue weighted by atomic mass is 79.9. The van der Waals surface area contributed by atoms with Crippen LogP contribution in [0.2, 0.25) is 5.02 Å². The van der Waals surface area contributed by atoms with Gasteiger partial charge in [0.1, 0.15) is 23.0 Å². The van der Waals surface area contributed by atoms with Gasteiger partial charge in [-0.3, -0.25) is 18.7 Å². The maximum absolute atomic E-state index is 14.7. The first-order valence-electron chi connectivity index (χ1n) is 13.8. The second-order valence-corrected chi connectivity index (χ2v) is 11.7. The highest BCUT2D eigenvalue weighted by Gasteiger charge is 2.32. The second kappa shape index (κ2) is 12.8. The number of Topliss-reactive ketones (excluding diaryl/α,β-unsaturated/α-hetero) is 1. The molecule has 0 radical (unpaired) electrons. The van der Waals surface area contributed by atoms with Gasteiger partial charge < -0.3 is 14.4 Å². The predicted octanol–water partition coefficient (Wildman–Crippen LogP) is 6.46. The summed E-state index contributed by atoms with van der Waals surface area (Å²) in [6.45, 7) is 4.35. The number of hydrogen-bond donors (Lipinski definition) is 0. The van der Waals surface area contributed by atoms with E-state index in [4.69, 9.17) is 21.1 Å². The van der Waals surface area contributed by atoms with Gasteiger partial charge in [0.05, 0.1) is 36.2 Å². The van der Waals surface area contributed by atoms with E-state index in [0.717, 1.165) is 0 Å². The molecule has 5 rings (SSSR count). The maximum Gasteiger partial charge on any atom is 0.333 e. The lowest BCUT2D eigenvalue weighted by Crippen LogP contribution is -2.41. The number of fused-ring (bicyclic) bond motifs is 1. The fraction of sp³-hybridized carbons (Fsp3) is 0.281. The Hall–Kier alpha value is -3.89. The Morgan fingerprint density at radius 1 is 1.02 bits per heavy atom. The predicted molar refractivity (Wildman–Crippen MR) is 165 cm³/mol. The summed E-state index contributed by atoms with van der Waals surface area (Å²) < 4.78 is 29.1. The van der Waals surface area contributed by atoms with E-state index in [1.807, 2.05) is 13.8 Å². The number of aryl methyl sites for hydroxylation is 1. The Kier molecular flexibility index (Phi) is 9.08. The van der Waals surface area contributed by atoms with Crippen molar-refractivity contribution >= 4 is 39.2 Å². The van der Waals surface area contributed by atoms with Gasteiger partial charge in [-0.05, 0) is 90.3 Å². The number of ether oxygens (including phenoxy) is 2. The highest BCUT2D eigenvalue weighted by molar-refractivity contribution is 9.10. The van der Waals surface area contributed by atoms with Crippen molar-refractivity contribution in [2.45, 2.75) is 45.9 Å². The number of methoxy groups -OCH3 is 1. The number of hydrogen-bond acceptors (Lipinski definition) is 5. The number of halogens is 3. The van der Waals surface area contributed by atoms with Gasteiger partial charge in [0.15, 0.2) is 5.78 Å². The van der Waals surface area contributed by atoms with Gasteiger partial charge >= 0.3 is 5.69 Å². The van der Waals surface area contributed by atoms with E-state index >= 15 is 0 Å². The molecule has 2 heterocycles. The first-order chi connectivity index (χ1) is 20.6. The van der Waals surface area contributed by atoms with E-state index in [0.29, 0.717) is 43.5 Å². The van der Waals surface area contributed by atoms with Crippen molar-refractivity contribution in [2.24, 2.45) is 0 Å². The third-order valence-corrected chi connectivity index (χ3v) is 8.48. The molecule has 3 aromatic carbocycles. The Morgan fingerprint density at radius 3 is 2.40 bits per heavy atom. The van der Waals surface area contributed by atoms with E-state index in [-0.39, 0.29) is 61.7 Å². The highest BCUT2D eigenvalue weighted by Crippen LogP contribution is 2.27. The van der Waals surface area contributed by atoms with Crippen LogP contribution in [0, 0.1) is 5.82 Å². The van der Waals surface area contributed by atoms with Crippen LogP contribution in [0.25, 0.3) is 5.69 Å². The molecular weight excluding hydrogens is 641 g/mol. The summed E-state index contributed by atoms with van der Waals surface area (Å²) >= 11 is 9.58. The summed E-state index contributed by atoms with van der Waals surface area (Å²) in [6.07, 6.45) is 0.0362. The molecule has 0 spiro atoms. The van der Waals surface area contributed by atoms with Gasteiger partial charge in [-0.1, -0.05) is 17.7 Å². The SMILES string of the molecule is COc1ccc(CCC(=O)c2c3n(c(=O)n2-c2ccc(OC(C)C)cc2)CCN(C(=O)c2ccc(Br)c(Cl)c2)C3)c(F)c1. The van der Waals surface area contributed by atoms with E-state index in [9.17, 15) is 18.8 Å². The molecule has 0 N–H and O–H groups in total. The molecule has 43 heavy (non-hydrogen) atoms. The number of carbonyl (C=O) groups excluding carboxylic acids is 2. The topological polar surface area (TPSA) is 82.8 Å². The molecule has 0 fully saturated rings.